The number of allylic oxidation sites excluding steroid dienone is 3. The van der Waals surface area contributed by atoms with Gasteiger partial charge in [-0.1, -0.05) is 63.8 Å². The Morgan fingerprint density at radius 1 is 1.13 bits per heavy atom. The standard InChI is InChI=1S/C15H20/c1-6-7-12(2)13-8-10-14(11-9-13)15(3,4)5/h6-11H,1H2,2-5H3/b12-7+. The van der Waals surface area contributed by atoms with Crippen molar-refractivity contribution >= 4 is 5.57 Å². The van der Waals surface area contributed by atoms with E-state index in [1.54, 1.807) is 0 Å². The van der Waals surface area contributed by atoms with Crippen LogP contribution in [0.3, 0.4) is 0 Å². The Morgan fingerprint density at radius 2 is 1.67 bits per heavy atom. The van der Waals surface area contributed by atoms with E-state index < -0.39 is 0 Å². The van der Waals surface area contributed by atoms with Gasteiger partial charge in [0, 0.05) is 0 Å². The van der Waals surface area contributed by atoms with Crippen LogP contribution in [0.1, 0.15) is 38.8 Å². The normalized spacial score (nSPS) is 12.7. The minimum atomic E-state index is 0.231. The molecule has 0 atom stereocenters. The molecule has 0 heterocycles. The fourth-order valence-electron chi connectivity index (χ4n) is 1.51. The van der Waals surface area contributed by atoms with Crippen molar-refractivity contribution in [3.63, 3.8) is 0 Å². The second-order valence-corrected chi connectivity index (χ2v) is 4.91. The Bertz CT molecular complexity index is 358. The van der Waals surface area contributed by atoms with E-state index >= 15 is 0 Å². The molecule has 0 spiro atoms. The summed E-state index contributed by atoms with van der Waals surface area (Å²) >= 11 is 0. The molecule has 0 saturated heterocycles. The molecule has 1 aromatic carbocycles. The van der Waals surface area contributed by atoms with Crippen LogP contribution in [0.15, 0.2) is 43.0 Å². The van der Waals surface area contributed by atoms with Crippen molar-refractivity contribution in [3.8, 4) is 0 Å². The maximum atomic E-state index is 3.71. The van der Waals surface area contributed by atoms with Gasteiger partial charge in [0.2, 0.25) is 0 Å². The summed E-state index contributed by atoms with van der Waals surface area (Å²) < 4.78 is 0. The molecule has 15 heavy (non-hydrogen) atoms. The van der Waals surface area contributed by atoms with Gasteiger partial charge in [-0.25, -0.2) is 0 Å². The van der Waals surface area contributed by atoms with Gasteiger partial charge in [0.05, 0.1) is 0 Å². The fourth-order valence-corrected chi connectivity index (χ4v) is 1.51. The van der Waals surface area contributed by atoms with Gasteiger partial charge in [-0.15, -0.1) is 0 Å². The van der Waals surface area contributed by atoms with Crippen LogP contribution in [0.4, 0.5) is 0 Å². The maximum Gasteiger partial charge on any atom is -0.0132 e. The molecule has 0 nitrogen and oxygen atoms in total. The second-order valence-electron chi connectivity index (χ2n) is 4.91. The molecule has 0 saturated carbocycles. The molecule has 0 aliphatic carbocycles. The maximum absolute atomic E-state index is 3.71. The van der Waals surface area contributed by atoms with Gasteiger partial charge in [0.25, 0.3) is 0 Å². The first-order valence-corrected chi connectivity index (χ1v) is 5.35. The third-order valence-electron chi connectivity index (χ3n) is 2.57. The zero-order valence-corrected chi connectivity index (χ0v) is 10.2. The van der Waals surface area contributed by atoms with Crippen LogP contribution in [0, 0.1) is 0 Å². The van der Waals surface area contributed by atoms with Gasteiger partial charge in [-0.2, -0.15) is 0 Å². The Labute approximate surface area is 93.3 Å². The van der Waals surface area contributed by atoms with Crippen LogP contribution in [-0.2, 0) is 5.41 Å². The van der Waals surface area contributed by atoms with Crippen molar-refractivity contribution in [1.29, 1.82) is 0 Å². The molecule has 0 N–H and O–H groups in total. The summed E-state index contributed by atoms with van der Waals surface area (Å²) in [6, 6.07) is 8.76. The lowest BCUT2D eigenvalue weighted by Gasteiger charge is -2.19. The average molecular weight is 200 g/mol. The lowest BCUT2D eigenvalue weighted by atomic mass is 9.86. The second kappa shape index (κ2) is 4.48. The van der Waals surface area contributed by atoms with Gasteiger partial charge in [-0.3, -0.25) is 0 Å². The summed E-state index contributed by atoms with van der Waals surface area (Å²) in [5.74, 6) is 0. The number of rotatable bonds is 2. The van der Waals surface area contributed by atoms with Crippen molar-refractivity contribution < 1.29 is 0 Å². The highest BCUT2D eigenvalue weighted by Gasteiger charge is 2.12. The van der Waals surface area contributed by atoms with Crippen LogP contribution < -0.4 is 0 Å². The fraction of sp³-hybridized carbons (Fsp3) is 0.333. The first-order chi connectivity index (χ1) is 6.95. The summed E-state index contributed by atoms with van der Waals surface area (Å²) in [5.41, 5.74) is 4.13. The monoisotopic (exact) mass is 200 g/mol. The smallest absolute Gasteiger partial charge is 0.0132 e. The summed E-state index contributed by atoms with van der Waals surface area (Å²) in [6.45, 7) is 12.5. The molecule has 0 bridgehead atoms. The number of hydrogen-bond donors (Lipinski definition) is 0. The summed E-state index contributed by atoms with van der Waals surface area (Å²) in [6.07, 6.45) is 3.86. The summed E-state index contributed by atoms with van der Waals surface area (Å²) in [4.78, 5) is 0. The van der Waals surface area contributed by atoms with E-state index in [0.29, 0.717) is 0 Å². The molecular formula is C15H20. The van der Waals surface area contributed by atoms with Crippen molar-refractivity contribution in [3.05, 3.63) is 54.1 Å². The molecule has 0 amide bonds. The molecule has 0 fully saturated rings. The highest BCUT2D eigenvalue weighted by atomic mass is 14.2. The molecule has 0 aliphatic rings. The number of benzene rings is 1. The third kappa shape index (κ3) is 3.09. The summed E-state index contributed by atoms with van der Waals surface area (Å²) in [7, 11) is 0. The molecule has 0 aliphatic heterocycles. The molecular weight excluding hydrogens is 180 g/mol. The minimum absolute atomic E-state index is 0.231. The Morgan fingerprint density at radius 3 is 2.07 bits per heavy atom. The van der Waals surface area contributed by atoms with Gasteiger partial charge in [-0.05, 0) is 29.0 Å². The molecule has 0 unspecified atom stereocenters. The molecule has 0 radical (unpaired) electrons. The quantitative estimate of drug-likeness (QED) is 0.613. The first kappa shape index (κ1) is 11.8. The molecule has 0 aromatic heterocycles. The van der Waals surface area contributed by atoms with Gasteiger partial charge in [0.1, 0.15) is 0 Å². The van der Waals surface area contributed by atoms with Crippen LogP contribution in [0.25, 0.3) is 5.57 Å². The van der Waals surface area contributed by atoms with Crippen molar-refractivity contribution in [2.75, 3.05) is 0 Å². The van der Waals surface area contributed by atoms with Crippen LogP contribution in [-0.4, -0.2) is 0 Å². The van der Waals surface area contributed by atoms with Crippen molar-refractivity contribution in [2.24, 2.45) is 0 Å². The molecule has 0 heteroatoms. The van der Waals surface area contributed by atoms with E-state index in [2.05, 4.69) is 58.5 Å². The van der Waals surface area contributed by atoms with Gasteiger partial charge in [0.15, 0.2) is 0 Å². The zero-order valence-electron chi connectivity index (χ0n) is 10.2. The van der Waals surface area contributed by atoms with Crippen molar-refractivity contribution in [1.82, 2.24) is 0 Å². The lowest BCUT2D eigenvalue weighted by Crippen LogP contribution is -2.10. The van der Waals surface area contributed by atoms with E-state index in [-0.39, 0.29) is 5.41 Å². The minimum Gasteiger partial charge on any atom is -0.0991 e. The van der Waals surface area contributed by atoms with E-state index in [4.69, 9.17) is 0 Å². The Hall–Kier alpha value is -1.30. The average Bonchev–Trinajstić information content (AvgIpc) is 2.17. The molecule has 1 rings (SSSR count). The largest absolute Gasteiger partial charge is 0.0991 e. The van der Waals surface area contributed by atoms with E-state index in [1.165, 1.54) is 16.7 Å². The Balaban J connectivity index is 3.00. The lowest BCUT2D eigenvalue weighted by molar-refractivity contribution is 0.590. The number of hydrogen-bond acceptors (Lipinski definition) is 0. The highest BCUT2D eigenvalue weighted by molar-refractivity contribution is 5.65. The third-order valence-corrected chi connectivity index (χ3v) is 2.57. The van der Waals surface area contributed by atoms with Gasteiger partial charge >= 0.3 is 0 Å². The van der Waals surface area contributed by atoms with Crippen molar-refractivity contribution in [2.45, 2.75) is 33.1 Å². The van der Waals surface area contributed by atoms with Crippen LogP contribution >= 0.6 is 0 Å². The van der Waals surface area contributed by atoms with Gasteiger partial charge < -0.3 is 0 Å². The van der Waals surface area contributed by atoms with E-state index in [1.807, 2.05) is 12.2 Å². The zero-order chi connectivity index (χ0) is 11.5. The SMILES string of the molecule is C=C/C=C(\C)c1ccc(C(C)(C)C)cc1. The summed E-state index contributed by atoms with van der Waals surface area (Å²) in [5, 5.41) is 0. The van der Waals surface area contributed by atoms with Crippen LogP contribution in [0.5, 0.6) is 0 Å². The molecule has 1 aromatic rings. The first-order valence-electron chi connectivity index (χ1n) is 5.35. The Kier molecular flexibility index (Phi) is 3.52. The van der Waals surface area contributed by atoms with E-state index in [0.717, 1.165) is 0 Å². The predicted molar refractivity (Wildman–Crippen MR) is 69.0 cm³/mol. The molecule has 80 valence electrons. The van der Waals surface area contributed by atoms with Crippen LogP contribution in [0.2, 0.25) is 0 Å². The van der Waals surface area contributed by atoms with E-state index in [9.17, 15) is 0 Å². The highest BCUT2D eigenvalue weighted by Crippen LogP contribution is 2.24. The predicted octanol–water partition coefficient (Wildman–Crippen LogP) is 4.57. The topological polar surface area (TPSA) is 0 Å².